The summed E-state index contributed by atoms with van der Waals surface area (Å²) in [6, 6.07) is 10.2. The Morgan fingerprint density at radius 3 is 2.18 bits per heavy atom. The maximum atomic E-state index is 5.78. The molecule has 0 amide bonds. The van der Waals surface area contributed by atoms with Gasteiger partial charge >= 0.3 is 91.5 Å². The molecular formula is C7H6BrCl2Hg. The van der Waals surface area contributed by atoms with E-state index >= 15 is 0 Å². The molecule has 0 aliphatic carbocycles. The Labute approximate surface area is 90.4 Å². The van der Waals surface area contributed by atoms with Gasteiger partial charge < -0.3 is 0 Å². The molecular weight excluding hydrogens is 435 g/mol. The van der Waals surface area contributed by atoms with E-state index in [9.17, 15) is 0 Å². The molecule has 0 radical (unpaired) electrons. The van der Waals surface area contributed by atoms with E-state index in [1.165, 1.54) is 3.07 Å². The van der Waals surface area contributed by atoms with E-state index in [0.717, 1.165) is 0 Å². The summed E-state index contributed by atoms with van der Waals surface area (Å²) in [4.78, 5) is 0. The molecule has 0 bridgehead atoms. The van der Waals surface area contributed by atoms with Gasteiger partial charge in [-0.2, -0.15) is 0 Å². The predicted molar refractivity (Wildman–Crippen MR) is 50.5 cm³/mol. The van der Waals surface area contributed by atoms with Crippen LogP contribution in [0.4, 0.5) is 0 Å². The van der Waals surface area contributed by atoms with Crippen molar-refractivity contribution in [1.82, 2.24) is 0 Å². The monoisotopic (exact) mass is 441 g/mol. The Kier molecular flexibility index (Phi) is 4.73. The molecule has 0 heterocycles. The predicted octanol–water partition coefficient (Wildman–Crippen LogP) is 3.00. The summed E-state index contributed by atoms with van der Waals surface area (Å²) < 4.78 is 1.16. The van der Waals surface area contributed by atoms with Crippen molar-refractivity contribution in [1.29, 1.82) is 0 Å². The molecule has 4 heteroatoms. The fraction of sp³-hybridized carbons (Fsp3) is 0.143. The van der Waals surface area contributed by atoms with Crippen molar-refractivity contribution < 1.29 is 20.6 Å². The van der Waals surface area contributed by atoms with E-state index < -0.39 is 20.6 Å². The van der Waals surface area contributed by atoms with E-state index in [-0.39, 0.29) is 2.35 Å². The van der Waals surface area contributed by atoms with Gasteiger partial charge in [0.2, 0.25) is 0 Å². The number of benzene rings is 1. The standard InChI is InChI=1S/C6H5.CHCl2.BrH.Hg/c1-2-4-6-5-3-1;2-1-3;;/h1-5H;1H;1H;/q;;;+1/p-1. The van der Waals surface area contributed by atoms with Crippen LogP contribution in [0.3, 0.4) is 0 Å². The summed E-state index contributed by atoms with van der Waals surface area (Å²) in [5.41, 5.74) is 0. The average molecular weight is 442 g/mol. The fourth-order valence-electron chi connectivity index (χ4n) is 0.881. The Morgan fingerprint density at radius 2 is 1.73 bits per heavy atom. The van der Waals surface area contributed by atoms with E-state index in [1.54, 1.807) is 0 Å². The second kappa shape index (κ2) is 5.06. The maximum absolute atomic E-state index is 5.78. The molecule has 0 spiro atoms. The van der Waals surface area contributed by atoms with Gasteiger partial charge in [0, 0.05) is 0 Å². The third-order valence-electron chi connectivity index (χ3n) is 1.50. The Morgan fingerprint density at radius 1 is 1.18 bits per heavy atom. The Hall–Kier alpha value is 1.22. The summed E-state index contributed by atoms with van der Waals surface area (Å²) >= 11 is 13.0. The van der Waals surface area contributed by atoms with Crippen LogP contribution in [0.15, 0.2) is 30.3 Å². The summed E-state index contributed by atoms with van der Waals surface area (Å²) in [6.07, 6.45) is 0. The Bertz CT molecular complexity index is 215. The zero-order valence-corrected chi connectivity index (χ0v) is 14.4. The second-order valence-corrected chi connectivity index (χ2v) is 28.4. The molecule has 0 saturated carbocycles. The molecule has 0 aliphatic rings. The van der Waals surface area contributed by atoms with Gasteiger partial charge in [-0.25, -0.2) is 0 Å². The average Bonchev–Trinajstić information content (AvgIpc) is 2.05. The van der Waals surface area contributed by atoms with Gasteiger partial charge in [-0.3, -0.25) is 0 Å². The summed E-state index contributed by atoms with van der Waals surface area (Å²) in [6.45, 7) is 0. The van der Waals surface area contributed by atoms with Gasteiger partial charge in [0.15, 0.2) is 0 Å². The van der Waals surface area contributed by atoms with Crippen LogP contribution >= 0.6 is 35.1 Å². The van der Waals surface area contributed by atoms with Gasteiger partial charge in [-0.1, -0.05) is 0 Å². The van der Waals surface area contributed by atoms with Crippen molar-refractivity contribution in [2.24, 2.45) is 0 Å². The van der Waals surface area contributed by atoms with Crippen LogP contribution in [-0.4, -0.2) is 2.35 Å². The number of rotatable bonds is 2. The number of hydrogen-bond acceptors (Lipinski definition) is 0. The van der Waals surface area contributed by atoms with Crippen LogP contribution in [0.5, 0.6) is 0 Å². The van der Waals surface area contributed by atoms with Crippen molar-refractivity contribution in [2.45, 2.75) is 2.35 Å². The van der Waals surface area contributed by atoms with Crippen molar-refractivity contribution in [3.63, 3.8) is 0 Å². The molecule has 0 fully saturated rings. The minimum absolute atomic E-state index is 0.174. The molecule has 0 aliphatic heterocycles. The second-order valence-electron chi connectivity index (χ2n) is 2.37. The van der Waals surface area contributed by atoms with Crippen molar-refractivity contribution in [3.05, 3.63) is 30.3 Å². The summed E-state index contributed by atoms with van der Waals surface area (Å²) in [7, 11) is 0. The van der Waals surface area contributed by atoms with Crippen LogP contribution in [0.1, 0.15) is 0 Å². The van der Waals surface area contributed by atoms with E-state index in [2.05, 4.69) is 24.0 Å². The molecule has 0 aromatic heterocycles. The third-order valence-corrected chi connectivity index (χ3v) is 31.8. The van der Waals surface area contributed by atoms with E-state index in [1.807, 2.05) is 18.2 Å². The van der Waals surface area contributed by atoms with Gasteiger partial charge in [-0.15, -0.1) is 0 Å². The molecule has 1 rings (SSSR count). The van der Waals surface area contributed by atoms with Gasteiger partial charge in [0.05, 0.1) is 0 Å². The zero-order chi connectivity index (χ0) is 8.27. The molecule has 0 atom stereocenters. The molecule has 57 valence electrons. The van der Waals surface area contributed by atoms with Crippen LogP contribution in [0.25, 0.3) is 0 Å². The van der Waals surface area contributed by atoms with Crippen LogP contribution < -0.4 is 3.07 Å². The van der Waals surface area contributed by atoms with Crippen LogP contribution in [0.2, 0.25) is 0 Å². The number of alkyl halides is 2. The summed E-state index contributed by atoms with van der Waals surface area (Å²) in [5, 5.41) is 0. The molecule has 1 aromatic rings. The first kappa shape index (κ1) is 10.3. The van der Waals surface area contributed by atoms with E-state index in [0.29, 0.717) is 0 Å². The quantitative estimate of drug-likeness (QED) is 0.489. The molecule has 0 unspecified atom stereocenters. The molecule has 1 aromatic carbocycles. The molecule has 0 saturated heterocycles. The third kappa shape index (κ3) is 3.21. The van der Waals surface area contributed by atoms with Gasteiger partial charge in [0.25, 0.3) is 0 Å². The molecule has 0 N–H and O–H groups in total. The van der Waals surface area contributed by atoms with Crippen LogP contribution in [-0.2, 0) is 20.6 Å². The summed E-state index contributed by atoms with van der Waals surface area (Å²) in [5.74, 6) is 0. The van der Waals surface area contributed by atoms with Crippen LogP contribution in [0, 0.1) is 0 Å². The first-order chi connectivity index (χ1) is 5.22. The SMILES string of the molecule is Cl[CH](Cl)[Hg]([Br])[c]1ccccc1. The number of halogens is 3. The molecule has 0 nitrogen and oxygen atoms in total. The van der Waals surface area contributed by atoms with Crippen molar-refractivity contribution in [3.8, 4) is 0 Å². The van der Waals surface area contributed by atoms with Crippen molar-refractivity contribution in [2.75, 3.05) is 0 Å². The fourth-order valence-corrected chi connectivity index (χ4v) is 11.5. The normalized spacial score (nSPS) is 10.2. The topological polar surface area (TPSA) is 0 Å². The van der Waals surface area contributed by atoms with E-state index in [4.69, 9.17) is 23.2 Å². The Balaban J connectivity index is 2.77. The number of hydrogen-bond donors (Lipinski definition) is 0. The van der Waals surface area contributed by atoms with Gasteiger partial charge in [0.1, 0.15) is 0 Å². The van der Waals surface area contributed by atoms with Gasteiger partial charge in [-0.05, 0) is 0 Å². The van der Waals surface area contributed by atoms with Crippen molar-refractivity contribution >= 4 is 38.2 Å². The molecule has 11 heavy (non-hydrogen) atoms. The zero-order valence-electron chi connectivity index (χ0n) is 5.81. The minimum atomic E-state index is -2.16. The first-order valence-electron chi connectivity index (χ1n) is 3.38. The first-order valence-corrected chi connectivity index (χ1v) is 22.1.